The van der Waals surface area contributed by atoms with Crippen LogP contribution in [0.4, 0.5) is 0 Å². The Kier molecular flexibility index (Phi) is 7.87. The van der Waals surface area contributed by atoms with Crippen LogP contribution in [0.1, 0.15) is 25.0 Å². The molecule has 0 aliphatic carbocycles. The van der Waals surface area contributed by atoms with Crippen LogP contribution in [-0.4, -0.2) is 65.3 Å². The molecule has 0 atom stereocenters. The van der Waals surface area contributed by atoms with Gasteiger partial charge in [0, 0.05) is 39.3 Å². The maximum absolute atomic E-state index is 12.9. The van der Waals surface area contributed by atoms with Crippen LogP contribution < -0.4 is 4.72 Å². The fourth-order valence-corrected chi connectivity index (χ4v) is 6.01. The lowest BCUT2D eigenvalue weighted by atomic mass is 10.2. The third kappa shape index (κ3) is 5.93. The minimum atomic E-state index is -3.54. The Hall–Kier alpha value is -1.78. The van der Waals surface area contributed by atoms with Gasteiger partial charge in [-0.15, -0.1) is 0 Å². The van der Waals surface area contributed by atoms with Crippen LogP contribution >= 0.6 is 0 Å². The second-order valence-electron chi connectivity index (χ2n) is 7.64. The number of benzene rings is 2. The molecule has 0 radical (unpaired) electrons. The van der Waals surface area contributed by atoms with E-state index in [1.54, 1.807) is 24.3 Å². The van der Waals surface area contributed by atoms with Gasteiger partial charge in [0.15, 0.2) is 0 Å². The highest BCUT2D eigenvalue weighted by Crippen LogP contribution is 2.18. The van der Waals surface area contributed by atoms with E-state index in [9.17, 15) is 16.8 Å². The van der Waals surface area contributed by atoms with Gasteiger partial charge < -0.3 is 0 Å². The Bertz CT molecular complexity index is 1060. The minimum Gasteiger partial charge on any atom is -0.299 e. The molecule has 170 valence electrons. The van der Waals surface area contributed by atoms with Crippen LogP contribution in [0.3, 0.4) is 0 Å². The van der Waals surface area contributed by atoms with Crippen LogP contribution in [0.15, 0.2) is 58.3 Å². The van der Waals surface area contributed by atoms with Gasteiger partial charge in [0.25, 0.3) is 0 Å². The lowest BCUT2D eigenvalue weighted by molar-refractivity contribution is 0.191. The lowest BCUT2D eigenvalue weighted by Gasteiger charge is -2.34. The van der Waals surface area contributed by atoms with Crippen molar-refractivity contribution in [1.29, 1.82) is 0 Å². The van der Waals surface area contributed by atoms with E-state index >= 15 is 0 Å². The molecule has 2 aromatic rings. The highest BCUT2D eigenvalue weighted by Gasteiger charge is 2.28. The van der Waals surface area contributed by atoms with Gasteiger partial charge in [-0.25, -0.2) is 21.6 Å². The van der Waals surface area contributed by atoms with Crippen LogP contribution in [0.25, 0.3) is 0 Å². The Balaban J connectivity index is 1.49. The van der Waals surface area contributed by atoms with Gasteiger partial charge in [0.2, 0.25) is 20.0 Å². The molecule has 1 heterocycles. The van der Waals surface area contributed by atoms with Gasteiger partial charge in [0.05, 0.1) is 9.79 Å². The number of nitrogens with zero attached hydrogens (tertiary/aromatic N) is 2. The first-order valence-electron chi connectivity index (χ1n) is 10.7. The highest BCUT2D eigenvalue weighted by molar-refractivity contribution is 7.89. The third-order valence-corrected chi connectivity index (χ3v) is 9.05. The van der Waals surface area contributed by atoms with Crippen LogP contribution in [0, 0.1) is 0 Å². The number of hydrogen-bond donors (Lipinski definition) is 1. The zero-order valence-corrected chi connectivity index (χ0v) is 19.8. The third-order valence-electron chi connectivity index (χ3n) is 5.66. The number of sulfonamides is 2. The fourth-order valence-electron chi connectivity index (χ4n) is 3.57. The Morgan fingerprint density at radius 3 is 1.71 bits per heavy atom. The second-order valence-corrected chi connectivity index (χ2v) is 11.3. The smallest absolute Gasteiger partial charge is 0.243 e. The topological polar surface area (TPSA) is 86.8 Å². The number of aryl methyl sites for hydroxylation is 2. The standard InChI is InChI=1S/C22H31N3O4S2/c1-3-19-5-9-21(10-6-19)30(26,27)23-13-14-24-15-17-25(18-16-24)31(28,29)22-11-7-20(4-2)8-12-22/h5-12,23H,3-4,13-18H2,1-2H3. The number of hydrogen-bond acceptors (Lipinski definition) is 5. The summed E-state index contributed by atoms with van der Waals surface area (Å²) in [4.78, 5) is 2.66. The van der Waals surface area contributed by atoms with E-state index in [-0.39, 0.29) is 11.4 Å². The molecule has 0 aromatic heterocycles. The summed E-state index contributed by atoms with van der Waals surface area (Å²) in [7, 11) is -7.05. The molecule has 3 rings (SSSR count). The van der Waals surface area contributed by atoms with Crippen molar-refractivity contribution in [3.05, 3.63) is 59.7 Å². The van der Waals surface area contributed by atoms with E-state index in [0.717, 1.165) is 24.0 Å². The van der Waals surface area contributed by atoms with Crippen molar-refractivity contribution in [2.24, 2.45) is 0 Å². The van der Waals surface area contributed by atoms with Gasteiger partial charge in [-0.1, -0.05) is 38.1 Å². The molecule has 0 saturated carbocycles. The molecule has 1 saturated heterocycles. The molecule has 0 amide bonds. The molecular weight excluding hydrogens is 434 g/mol. The Morgan fingerprint density at radius 2 is 1.23 bits per heavy atom. The fraction of sp³-hybridized carbons (Fsp3) is 0.455. The maximum atomic E-state index is 12.9. The van der Waals surface area contributed by atoms with E-state index < -0.39 is 20.0 Å². The summed E-state index contributed by atoms with van der Waals surface area (Å²) in [5, 5.41) is 0. The quantitative estimate of drug-likeness (QED) is 0.613. The summed E-state index contributed by atoms with van der Waals surface area (Å²) in [6, 6.07) is 13.9. The summed E-state index contributed by atoms with van der Waals surface area (Å²) < 4.78 is 54.7. The van der Waals surface area contributed by atoms with E-state index in [1.807, 2.05) is 38.1 Å². The van der Waals surface area contributed by atoms with Crippen molar-refractivity contribution in [3.8, 4) is 0 Å². The summed E-state index contributed by atoms with van der Waals surface area (Å²) in [5.74, 6) is 0. The van der Waals surface area contributed by atoms with Crippen LogP contribution in [0.2, 0.25) is 0 Å². The molecule has 7 nitrogen and oxygen atoms in total. The van der Waals surface area contributed by atoms with Crippen molar-refractivity contribution in [3.63, 3.8) is 0 Å². The molecule has 2 aromatic carbocycles. The van der Waals surface area contributed by atoms with Crippen molar-refractivity contribution in [2.75, 3.05) is 39.3 Å². The molecule has 0 spiro atoms. The van der Waals surface area contributed by atoms with Crippen molar-refractivity contribution in [1.82, 2.24) is 13.9 Å². The van der Waals surface area contributed by atoms with Gasteiger partial charge in [-0.2, -0.15) is 4.31 Å². The molecule has 1 N–H and O–H groups in total. The predicted molar refractivity (Wildman–Crippen MR) is 122 cm³/mol. The van der Waals surface area contributed by atoms with E-state index in [4.69, 9.17) is 0 Å². The molecule has 31 heavy (non-hydrogen) atoms. The van der Waals surface area contributed by atoms with Gasteiger partial charge in [-0.05, 0) is 48.2 Å². The van der Waals surface area contributed by atoms with Crippen LogP contribution in [0.5, 0.6) is 0 Å². The Morgan fingerprint density at radius 1 is 0.742 bits per heavy atom. The zero-order valence-electron chi connectivity index (χ0n) is 18.1. The van der Waals surface area contributed by atoms with E-state index in [2.05, 4.69) is 9.62 Å². The first kappa shape index (κ1) is 23.9. The monoisotopic (exact) mass is 465 g/mol. The lowest BCUT2D eigenvalue weighted by Crippen LogP contribution is -2.50. The summed E-state index contributed by atoms with van der Waals surface area (Å²) in [6.45, 7) is 6.79. The first-order valence-corrected chi connectivity index (χ1v) is 13.6. The van der Waals surface area contributed by atoms with E-state index in [1.165, 1.54) is 4.31 Å². The molecule has 9 heteroatoms. The second kappa shape index (κ2) is 10.2. The molecular formula is C22H31N3O4S2. The summed E-state index contributed by atoms with van der Waals surface area (Å²) in [5.41, 5.74) is 2.20. The summed E-state index contributed by atoms with van der Waals surface area (Å²) in [6.07, 6.45) is 1.73. The van der Waals surface area contributed by atoms with Gasteiger partial charge >= 0.3 is 0 Å². The molecule has 0 bridgehead atoms. The number of rotatable bonds is 9. The molecule has 0 unspecified atom stereocenters. The van der Waals surface area contributed by atoms with Crippen LogP contribution in [-0.2, 0) is 32.9 Å². The van der Waals surface area contributed by atoms with Crippen molar-refractivity contribution >= 4 is 20.0 Å². The molecule has 1 fully saturated rings. The first-order chi connectivity index (χ1) is 14.8. The minimum absolute atomic E-state index is 0.259. The SMILES string of the molecule is CCc1ccc(S(=O)(=O)NCCN2CCN(S(=O)(=O)c3ccc(CC)cc3)CC2)cc1. The molecule has 1 aliphatic rings. The average molecular weight is 466 g/mol. The Labute approximate surface area is 186 Å². The summed E-state index contributed by atoms with van der Waals surface area (Å²) >= 11 is 0. The number of piperazine rings is 1. The molecule has 1 aliphatic heterocycles. The largest absolute Gasteiger partial charge is 0.299 e. The van der Waals surface area contributed by atoms with Crippen molar-refractivity contribution in [2.45, 2.75) is 36.5 Å². The maximum Gasteiger partial charge on any atom is 0.243 e. The normalized spacial score (nSPS) is 16.5. The average Bonchev–Trinajstić information content (AvgIpc) is 2.79. The predicted octanol–water partition coefficient (Wildman–Crippen LogP) is 2.10. The van der Waals surface area contributed by atoms with Gasteiger partial charge in [0.1, 0.15) is 0 Å². The van der Waals surface area contributed by atoms with Crippen molar-refractivity contribution < 1.29 is 16.8 Å². The number of nitrogens with one attached hydrogen (secondary N) is 1. The zero-order chi connectivity index (χ0) is 22.5. The van der Waals surface area contributed by atoms with E-state index in [0.29, 0.717) is 37.6 Å². The highest BCUT2D eigenvalue weighted by atomic mass is 32.2. The van der Waals surface area contributed by atoms with Gasteiger partial charge in [-0.3, -0.25) is 4.90 Å².